The van der Waals surface area contributed by atoms with Gasteiger partial charge in [0.25, 0.3) is 0 Å². The predicted molar refractivity (Wildman–Crippen MR) is 82.8 cm³/mol. The van der Waals surface area contributed by atoms with Crippen molar-refractivity contribution in [1.29, 1.82) is 0 Å². The molecule has 19 heavy (non-hydrogen) atoms. The first-order chi connectivity index (χ1) is 9.20. The average molecular weight is 335 g/mol. The fraction of sp³-hybridized carbons (Fsp3) is 0.0714. The van der Waals surface area contributed by atoms with E-state index in [1.54, 1.807) is 23.5 Å². The van der Waals surface area contributed by atoms with Gasteiger partial charge in [0, 0.05) is 10.2 Å². The Kier molecular flexibility index (Phi) is 3.40. The number of thiazole rings is 1. The molecule has 2 aromatic carbocycles. The molecule has 3 rings (SSSR count). The molecule has 0 atom stereocenters. The van der Waals surface area contributed by atoms with Crippen molar-refractivity contribution in [1.82, 2.24) is 4.98 Å². The molecule has 1 heterocycles. The number of halogens is 1. The Hall–Kier alpha value is -1.59. The molecule has 0 unspecified atom stereocenters. The van der Waals surface area contributed by atoms with E-state index in [0.29, 0.717) is 6.54 Å². The first-order valence-corrected chi connectivity index (χ1v) is 7.39. The molecule has 0 amide bonds. The smallest absolute Gasteiger partial charge is 0.115 e. The minimum Gasteiger partial charge on any atom is -0.508 e. The van der Waals surface area contributed by atoms with Crippen LogP contribution in [-0.4, -0.2) is 10.1 Å². The monoisotopic (exact) mass is 334 g/mol. The molecule has 0 saturated heterocycles. The van der Waals surface area contributed by atoms with Crippen molar-refractivity contribution in [2.75, 3.05) is 5.32 Å². The molecule has 2 N–H and O–H groups in total. The van der Waals surface area contributed by atoms with Crippen LogP contribution >= 0.6 is 27.3 Å². The van der Waals surface area contributed by atoms with Crippen LogP contribution in [0, 0.1) is 0 Å². The second kappa shape index (κ2) is 5.19. The van der Waals surface area contributed by atoms with Crippen molar-refractivity contribution >= 4 is 43.2 Å². The summed E-state index contributed by atoms with van der Waals surface area (Å²) < 4.78 is 2.25. The van der Waals surface area contributed by atoms with Crippen LogP contribution < -0.4 is 5.32 Å². The van der Waals surface area contributed by atoms with Crippen molar-refractivity contribution < 1.29 is 5.11 Å². The minimum atomic E-state index is 0.274. The van der Waals surface area contributed by atoms with E-state index in [4.69, 9.17) is 0 Å². The number of nitrogens with one attached hydrogen (secondary N) is 1. The molecule has 1 aromatic heterocycles. The highest BCUT2D eigenvalue weighted by molar-refractivity contribution is 9.10. The predicted octanol–water partition coefficient (Wildman–Crippen LogP) is 4.38. The molecular weight excluding hydrogens is 324 g/mol. The van der Waals surface area contributed by atoms with Gasteiger partial charge in [0.05, 0.1) is 16.8 Å². The fourth-order valence-electron chi connectivity index (χ4n) is 1.78. The topological polar surface area (TPSA) is 45.1 Å². The number of hydrogen-bond acceptors (Lipinski definition) is 4. The van der Waals surface area contributed by atoms with Crippen molar-refractivity contribution in [2.45, 2.75) is 6.54 Å². The third-order valence-electron chi connectivity index (χ3n) is 2.71. The zero-order valence-electron chi connectivity index (χ0n) is 9.93. The highest BCUT2D eigenvalue weighted by atomic mass is 79.9. The molecule has 0 spiro atoms. The summed E-state index contributed by atoms with van der Waals surface area (Å²) in [6.07, 6.45) is 0. The Labute approximate surface area is 123 Å². The Balaban J connectivity index is 1.76. The number of aromatic nitrogens is 1. The van der Waals surface area contributed by atoms with E-state index >= 15 is 0 Å². The van der Waals surface area contributed by atoms with Crippen LogP contribution in [-0.2, 0) is 6.54 Å². The minimum absolute atomic E-state index is 0.274. The van der Waals surface area contributed by atoms with E-state index in [1.165, 1.54) is 4.70 Å². The molecule has 0 bridgehead atoms. The second-order valence-electron chi connectivity index (χ2n) is 4.12. The van der Waals surface area contributed by atoms with Crippen molar-refractivity contribution in [3.05, 3.63) is 51.9 Å². The lowest BCUT2D eigenvalue weighted by molar-refractivity contribution is 0.475. The van der Waals surface area contributed by atoms with Gasteiger partial charge >= 0.3 is 0 Å². The highest BCUT2D eigenvalue weighted by Crippen LogP contribution is 2.26. The van der Waals surface area contributed by atoms with Crippen LogP contribution in [0.15, 0.2) is 46.9 Å². The maximum atomic E-state index is 9.22. The quantitative estimate of drug-likeness (QED) is 0.699. The summed E-state index contributed by atoms with van der Waals surface area (Å²) in [5, 5.41) is 13.6. The first-order valence-electron chi connectivity index (χ1n) is 5.78. The molecule has 0 aliphatic rings. The largest absolute Gasteiger partial charge is 0.508 e. The van der Waals surface area contributed by atoms with Crippen LogP contribution in [0.4, 0.5) is 5.69 Å². The van der Waals surface area contributed by atoms with Crippen molar-refractivity contribution in [2.24, 2.45) is 0 Å². The Bertz CT molecular complexity index is 709. The molecule has 3 aromatic rings. The molecular formula is C14H11BrN2OS. The van der Waals surface area contributed by atoms with Gasteiger partial charge in [0.2, 0.25) is 0 Å². The van der Waals surface area contributed by atoms with E-state index < -0.39 is 0 Å². The van der Waals surface area contributed by atoms with Gasteiger partial charge in [-0.15, -0.1) is 11.3 Å². The number of fused-ring (bicyclic) bond motifs is 1. The number of phenols is 1. The number of phenolic OH excluding ortho intramolecular Hbond substituents is 1. The number of benzene rings is 2. The lowest BCUT2D eigenvalue weighted by Crippen LogP contribution is -1.98. The van der Waals surface area contributed by atoms with Crippen molar-refractivity contribution in [3.8, 4) is 5.75 Å². The van der Waals surface area contributed by atoms with E-state index in [0.717, 1.165) is 20.7 Å². The summed E-state index contributed by atoms with van der Waals surface area (Å²) >= 11 is 5.14. The lowest BCUT2D eigenvalue weighted by atomic mass is 10.3. The zero-order chi connectivity index (χ0) is 13.2. The first kappa shape index (κ1) is 12.4. The fourth-order valence-corrected chi connectivity index (χ4v) is 3.24. The molecule has 0 aliphatic carbocycles. The molecule has 0 radical (unpaired) electrons. The molecule has 0 aliphatic heterocycles. The van der Waals surface area contributed by atoms with Gasteiger partial charge < -0.3 is 10.4 Å². The van der Waals surface area contributed by atoms with Crippen LogP contribution in [0.1, 0.15) is 5.01 Å². The summed E-state index contributed by atoms with van der Waals surface area (Å²) in [5.74, 6) is 0.274. The van der Waals surface area contributed by atoms with Crippen LogP contribution in [0.2, 0.25) is 0 Å². The van der Waals surface area contributed by atoms with E-state index in [2.05, 4.69) is 32.3 Å². The van der Waals surface area contributed by atoms with Gasteiger partial charge in [-0.05, 0) is 42.5 Å². The van der Waals surface area contributed by atoms with Gasteiger partial charge in [-0.1, -0.05) is 15.9 Å². The average Bonchev–Trinajstić information content (AvgIpc) is 2.80. The van der Waals surface area contributed by atoms with Gasteiger partial charge in [-0.2, -0.15) is 0 Å². The summed E-state index contributed by atoms with van der Waals surface area (Å²) in [4.78, 5) is 4.57. The molecule has 0 fully saturated rings. The summed E-state index contributed by atoms with van der Waals surface area (Å²) in [5.41, 5.74) is 1.99. The number of rotatable bonds is 3. The van der Waals surface area contributed by atoms with Crippen LogP contribution in [0.25, 0.3) is 10.2 Å². The maximum absolute atomic E-state index is 9.22. The Morgan fingerprint density at radius 1 is 1.16 bits per heavy atom. The van der Waals surface area contributed by atoms with Gasteiger partial charge in [-0.25, -0.2) is 4.98 Å². The zero-order valence-corrected chi connectivity index (χ0v) is 12.3. The van der Waals surface area contributed by atoms with E-state index in [-0.39, 0.29) is 5.75 Å². The normalized spacial score (nSPS) is 10.8. The number of hydrogen-bond donors (Lipinski definition) is 2. The standard InChI is InChI=1S/C14H11BrN2OS/c15-9-1-6-12-13(7-9)19-14(17-12)8-16-10-2-4-11(18)5-3-10/h1-7,16,18H,8H2. The third-order valence-corrected chi connectivity index (χ3v) is 4.22. The summed E-state index contributed by atoms with van der Waals surface area (Å²) in [7, 11) is 0. The number of anilines is 1. The Morgan fingerprint density at radius 3 is 2.74 bits per heavy atom. The van der Waals surface area contributed by atoms with Crippen LogP contribution in [0.5, 0.6) is 5.75 Å². The Morgan fingerprint density at radius 2 is 1.95 bits per heavy atom. The second-order valence-corrected chi connectivity index (χ2v) is 6.15. The molecule has 3 nitrogen and oxygen atoms in total. The number of aromatic hydroxyl groups is 1. The highest BCUT2D eigenvalue weighted by Gasteiger charge is 2.04. The molecule has 5 heteroatoms. The molecule has 96 valence electrons. The third kappa shape index (κ3) is 2.88. The SMILES string of the molecule is Oc1ccc(NCc2nc3ccc(Br)cc3s2)cc1. The molecule has 0 saturated carbocycles. The van der Waals surface area contributed by atoms with Crippen LogP contribution in [0.3, 0.4) is 0 Å². The maximum Gasteiger partial charge on any atom is 0.115 e. The van der Waals surface area contributed by atoms with Gasteiger partial charge in [0.1, 0.15) is 10.8 Å². The van der Waals surface area contributed by atoms with E-state index in [1.807, 2.05) is 24.3 Å². The number of nitrogens with zero attached hydrogens (tertiary/aromatic N) is 1. The van der Waals surface area contributed by atoms with Gasteiger partial charge in [-0.3, -0.25) is 0 Å². The summed E-state index contributed by atoms with van der Waals surface area (Å²) in [6.45, 7) is 0.682. The lowest BCUT2D eigenvalue weighted by Gasteiger charge is -2.03. The summed E-state index contributed by atoms with van der Waals surface area (Å²) in [6, 6.07) is 13.1. The van der Waals surface area contributed by atoms with E-state index in [9.17, 15) is 5.11 Å². The van der Waals surface area contributed by atoms with Crippen molar-refractivity contribution in [3.63, 3.8) is 0 Å². The van der Waals surface area contributed by atoms with Gasteiger partial charge in [0.15, 0.2) is 0 Å².